The van der Waals surface area contributed by atoms with Crippen molar-refractivity contribution >= 4 is 10.0 Å². The lowest BCUT2D eigenvalue weighted by Crippen LogP contribution is -2.48. The number of nitrogens with zero attached hydrogens (tertiary/aromatic N) is 2. The zero-order chi connectivity index (χ0) is 18.6. The highest BCUT2D eigenvalue weighted by Crippen LogP contribution is 2.21. The van der Waals surface area contributed by atoms with Gasteiger partial charge in [0, 0.05) is 32.7 Å². The van der Waals surface area contributed by atoms with Gasteiger partial charge in [-0.2, -0.15) is 4.31 Å². The van der Waals surface area contributed by atoms with E-state index in [4.69, 9.17) is 4.74 Å². The molecule has 0 aromatic heterocycles. The van der Waals surface area contributed by atoms with Gasteiger partial charge in [-0.1, -0.05) is 29.8 Å². The largest absolute Gasteiger partial charge is 0.494 e. The van der Waals surface area contributed by atoms with E-state index in [9.17, 15) is 8.42 Å². The first-order chi connectivity index (χ1) is 12.5. The number of hydrogen-bond donors (Lipinski definition) is 0. The van der Waals surface area contributed by atoms with Gasteiger partial charge in [0.05, 0.1) is 11.5 Å². The van der Waals surface area contributed by atoms with Gasteiger partial charge in [-0.15, -0.1) is 0 Å². The lowest BCUT2D eigenvalue weighted by Gasteiger charge is -2.34. The van der Waals surface area contributed by atoms with Crippen LogP contribution in [-0.4, -0.2) is 50.4 Å². The number of rotatable bonds is 6. The summed E-state index contributed by atoms with van der Waals surface area (Å²) in [5, 5.41) is 0. The Hall–Kier alpha value is -1.89. The molecule has 1 fully saturated rings. The number of hydrogen-bond acceptors (Lipinski definition) is 4. The minimum Gasteiger partial charge on any atom is -0.494 e. The Kier molecular flexibility index (Phi) is 5.96. The first-order valence-electron chi connectivity index (χ1n) is 9.00. The van der Waals surface area contributed by atoms with Crippen molar-refractivity contribution in [1.29, 1.82) is 0 Å². The first-order valence-corrected chi connectivity index (χ1v) is 10.4. The molecule has 26 heavy (non-hydrogen) atoms. The second-order valence-corrected chi connectivity index (χ2v) is 8.51. The second-order valence-electron chi connectivity index (χ2n) is 6.57. The van der Waals surface area contributed by atoms with Crippen LogP contribution in [0.2, 0.25) is 0 Å². The van der Waals surface area contributed by atoms with Gasteiger partial charge < -0.3 is 4.74 Å². The topological polar surface area (TPSA) is 49.9 Å². The molecule has 0 saturated carbocycles. The fraction of sp³-hybridized carbons (Fsp3) is 0.400. The molecule has 0 radical (unpaired) electrons. The molecule has 0 amide bonds. The second kappa shape index (κ2) is 8.20. The van der Waals surface area contributed by atoms with Crippen molar-refractivity contribution in [2.45, 2.75) is 25.3 Å². The Labute approximate surface area is 156 Å². The third-order valence-corrected chi connectivity index (χ3v) is 6.51. The number of benzene rings is 2. The summed E-state index contributed by atoms with van der Waals surface area (Å²) in [6.45, 7) is 7.93. The minimum absolute atomic E-state index is 0.327. The minimum atomic E-state index is -3.45. The molecule has 3 rings (SSSR count). The van der Waals surface area contributed by atoms with Crippen molar-refractivity contribution in [3.63, 3.8) is 0 Å². The average molecular weight is 375 g/mol. The molecule has 0 aliphatic carbocycles. The molecule has 2 aromatic carbocycles. The van der Waals surface area contributed by atoms with Gasteiger partial charge in [-0.3, -0.25) is 4.90 Å². The highest BCUT2D eigenvalue weighted by Gasteiger charge is 2.28. The van der Waals surface area contributed by atoms with Crippen molar-refractivity contribution in [3.8, 4) is 5.75 Å². The summed E-state index contributed by atoms with van der Waals surface area (Å²) >= 11 is 0. The number of ether oxygens (including phenoxy) is 1. The van der Waals surface area contributed by atoms with Crippen LogP contribution in [0, 0.1) is 6.92 Å². The van der Waals surface area contributed by atoms with Crippen LogP contribution in [0.3, 0.4) is 0 Å². The molecule has 0 N–H and O–H groups in total. The molecular formula is C20H26N2O3S. The van der Waals surface area contributed by atoms with Crippen LogP contribution in [0.4, 0.5) is 0 Å². The summed E-state index contributed by atoms with van der Waals surface area (Å²) in [4.78, 5) is 2.63. The maximum atomic E-state index is 12.8. The van der Waals surface area contributed by atoms with Gasteiger partial charge in [0.2, 0.25) is 10.0 Å². The molecule has 140 valence electrons. The highest BCUT2D eigenvalue weighted by atomic mass is 32.2. The van der Waals surface area contributed by atoms with E-state index >= 15 is 0 Å². The summed E-state index contributed by atoms with van der Waals surface area (Å²) in [6.07, 6.45) is 0. The van der Waals surface area contributed by atoms with Crippen molar-refractivity contribution in [2.24, 2.45) is 0 Å². The van der Waals surface area contributed by atoms with E-state index in [2.05, 4.69) is 36.1 Å². The van der Waals surface area contributed by atoms with Gasteiger partial charge in [0.15, 0.2) is 0 Å². The number of sulfonamides is 1. The lowest BCUT2D eigenvalue weighted by atomic mass is 10.1. The number of piperazine rings is 1. The average Bonchev–Trinajstić information content (AvgIpc) is 2.63. The lowest BCUT2D eigenvalue weighted by molar-refractivity contribution is 0.181. The molecule has 0 atom stereocenters. The molecule has 0 spiro atoms. The monoisotopic (exact) mass is 374 g/mol. The van der Waals surface area contributed by atoms with E-state index in [1.165, 1.54) is 11.1 Å². The quantitative estimate of drug-likeness (QED) is 0.780. The smallest absolute Gasteiger partial charge is 0.243 e. The van der Waals surface area contributed by atoms with Crippen molar-refractivity contribution in [3.05, 3.63) is 59.7 Å². The van der Waals surface area contributed by atoms with Crippen molar-refractivity contribution < 1.29 is 13.2 Å². The summed E-state index contributed by atoms with van der Waals surface area (Å²) in [5.74, 6) is 0.689. The third kappa shape index (κ3) is 4.44. The van der Waals surface area contributed by atoms with Crippen LogP contribution >= 0.6 is 0 Å². The van der Waals surface area contributed by atoms with Gasteiger partial charge in [0.1, 0.15) is 5.75 Å². The number of aryl methyl sites for hydroxylation is 1. The van der Waals surface area contributed by atoms with Crippen LogP contribution in [0.1, 0.15) is 18.1 Å². The Morgan fingerprint density at radius 3 is 2.31 bits per heavy atom. The standard InChI is InChI=1S/C20H26N2O3S/c1-3-25-19-7-9-20(10-8-19)26(23,24)22-13-11-21(12-14-22)16-18-6-4-5-17(2)15-18/h4-10,15H,3,11-14,16H2,1-2H3. The maximum Gasteiger partial charge on any atom is 0.243 e. The van der Waals surface area contributed by atoms with E-state index < -0.39 is 10.0 Å². The summed E-state index contributed by atoms with van der Waals surface area (Å²) in [5.41, 5.74) is 2.52. The van der Waals surface area contributed by atoms with E-state index in [-0.39, 0.29) is 0 Å². The molecule has 0 unspecified atom stereocenters. The van der Waals surface area contributed by atoms with E-state index in [0.717, 1.165) is 19.6 Å². The fourth-order valence-corrected chi connectivity index (χ4v) is 4.64. The van der Waals surface area contributed by atoms with Crippen LogP contribution < -0.4 is 4.74 Å². The van der Waals surface area contributed by atoms with Crippen LogP contribution in [0.15, 0.2) is 53.4 Å². The Morgan fingerprint density at radius 2 is 1.69 bits per heavy atom. The summed E-state index contributed by atoms with van der Waals surface area (Å²) in [7, 11) is -3.45. The molecule has 1 aliphatic rings. The zero-order valence-corrected chi connectivity index (χ0v) is 16.2. The van der Waals surface area contributed by atoms with Crippen LogP contribution in [0.25, 0.3) is 0 Å². The molecule has 2 aromatic rings. The van der Waals surface area contributed by atoms with Crippen molar-refractivity contribution in [1.82, 2.24) is 9.21 Å². The van der Waals surface area contributed by atoms with E-state index in [0.29, 0.717) is 30.3 Å². The maximum absolute atomic E-state index is 12.8. The van der Waals surface area contributed by atoms with E-state index in [1.807, 2.05) is 6.92 Å². The molecule has 5 nitrogen and oxygen atoms in total. The predicted octanol–water partition coefficient (Wildman–Crippen LogP) is 2.90. The SMILES string of the molecule is CCOc1ccc(S(=O)(=O)N2CCN(Cc3cccc(C)c3)CC2)cc1. The molecular weight excluding hydrogens is 348 g/mol. The summed E-state index contributed by atoms with van der Waals surface area (Å²) in [6, 6.07) is 15.1. The first kappa shape index (κ1) is 18.9. The molecule has 1 heterocycles. The Morgan fingerprint density at radius 1 is 1.00 bits per heavy atom. The predicted molar refractivity (Wildman–Crippen MR) is 103 cm³/mol. The Balaban J connectivity index is 1.61. The summed E-state index contributed by atoms with van der Waals surface area (Å²) < 4.78 is 32.6. The van der Waals surface area contributed by atoms with Gasteiger partial charge in [0.25, 0.3) is 0 Å². The molecule has 1 aliphatic heterocycles. The van der Waals surface area contributed by atoms with Crippen LogP contribution in [-0.2, 0) is 16.6 Å². The molecule has 1 saturated heterocycles. The molecule has 6 heteroatoms. The van der Waals surface area contributed by atoms with Crippen LogP contribution in [0.5, 0.6) is 5.75 Å². The third-order valence-electron chi connectivity index (χ3n) is 4.59. The normalized spacial score (nSPS) is 16.5. The molecule has 0 bridgehead atoms. The van der Waals surface area contributed by atoms with Gasteiger partial charge >= 0.3 is 0 Å². The fourth-order valence-electron chi connectivity index (χ4n) is 3.22. The van der Waals surface area contributed by atoms with E-state index in [1.54, 1.807) is 28.6 Å². The van der Waals surface area contributed by atoms with Gasteiger partial charge in [-0.25, -0.2) is 8.42 Å². The van der Waals surface area contributed by atoms with Gasteiger partial charge in [-0.05, 0) is 43.7 Å². The highest BCUT2D eigenvalue weighted by molar-refractivity contribution is 7.89. The zero-order valence-electron chi connectivity index (χ0n) is 15.4. The van der Waals surface area contributed by atoms with Crippen molar-refractivity contribution in [2.75, 3.05) is 32.8 Å². The Bertz CT molecular complexity index is 826.